The number of hydrogen-bond donors (Lipinski definition) is 2. The molecule has 0 radical (unpaired) electrons. The van der Waals surface area contributed by atoms with Crippen molar-refractivity contribution in [1.82, 2.24) is 25.1 Å². The number of anilines is 1. The fraction of sp³-hybridized carbons (Fsp3) is 0.360. The minimum absolute atomic E-state index is 0.0129. The average Bonchev–Trinajstić information content (AvgIpc) is 3.48. The van der Waals surface area contributed by atoms with Crippen molar-refractivity contribution in [3.63, 3.8) is 0 Å². The van der Waals surface area contributed by atoms with Crippen molar-refractivity contribution < 1.29 is 18.5 Å². The zero-order valence-corrected chi connectivity index (χ0v) is 20.6. The normalized spacial score (nSPS) is 12.9. The van der Waals surface area contributed by atoms with Crippen molar-refractivity contribution >= 4 is 17.5 Å². The molecule has 0 aliphatic carbocycles. The lowest BCUT2D eigenvalue weighted by molar-refractivity contribution is -0.151. The largest absolute Gasteiger partial charge is 0.376 e. The zero-order chi connectivity index (χ0) is 25.8. The molecule has 2 heterocycles. The number of benzene rings is 2. The standard InChI is InChI=1S/C25H30FN7O3/c1-16-4-5-18(25-29-17(2)36-30-25)11-22(16)28-12-23(34)32(9-8-27)15-24(35)31(3)33-13-19-6-7-21(26)10-20(19)14-33/h4-7,10-11,28H,8-9,12-15,27H2,1-3H3. The van der Waals surface area contributed by atoms with E-state index >= 15 is 0 Å². The molecule has 0 saturated heterocycles. The summed E-state index contributed by atoms with van der Waals surface area (Å²) in [5, 5.41) is 10.4. The third-order valence-electron chi connectivity index (χ3n) is 6.19. The van der Waals surface area contributed by atoms with Gasteiger partial charge >= 0.3 is 0 Å². The predicted molar refractivity (Wildman–Crippen MR) is 132 cm³/mol. The highest BCUT2D eigenvalue weighted by molar-refractivity contribution is 5.87. The van der Waals surface area contributed by atoms with E-state index in [1.54, 1.807) is 20.0 Å². The van der Waals surface area contributed by atoms with Gasteiger partial charge in [0.2, 0.25) is 17.6 Å². The van der Waals surface area contributed by atoms with Crippen LogP contribution in [0.5, 0.6) is 0 Å². The van der Waals surface area contributed by atoms with Gasteiger partial charge in [0.1, 0.15) is 12.4 Å². The number of halogens is 1. The van der Waals surface area contributed by atoms with Gasteiger partial charge in [0.15, 0.2) is 0 Å². The van der Waals surface area contributed by atoms with Crippen LogP contribution in [0.25, 0.3) is 11.4 Å². The van der Waals surface area contributed by atoms with Gasteiger partial charge < -0.3 is 20.5 Å². The Bertz CT molecular complexity index is 1260. The van der Waals surface area contributed by atoms with Crippen LogP contribution in [0.4, 0.5) is 10.1 Å². The predicted octanol–water partition coefficient (Wildman–Crippen LogP) is 2.08. The Morgan fingerprint density at radius 3 is 2.64 bits per heavy atom. The summed E-state index contributed by atoms with van der Waals surface area (Å²) in [6.07, 6.45) is 0. The van der Waals surface area contributed by atoms with Gasteiger partial charge in [-0.15, -0.1) is 0 Å². The van der Waals surface area contributed by atoms with E-state index < -0.39 is 0 Å². The van der Waals surface area contributed by atoms with E-state index in [-0.39, 0.29) is 43.8 Å². The highest BCUT2D eigenvalue weighted by atomic mass is 19.1. The van der Waals surface area contributed by atoms with Crippen molar-refractivity contribution in [1.29, 1.82) is 0 Å². The van der Waals surface area contributed by atoms with E-state index in [1.807, 2.05) is 30.1 Å². The van der Waals surface area contributed by atoms with Gasteiger partial charge in [0.25, 0.3) is 5.91 Å². The Balaban J connectivity index is 1.37. The van der Waals surface area contributed by atoms with Gasteiger partial charge in [0.05, 0.1) is 6.54 Å². The van der Waals surface area contributed by atoms with Crippen molar-refractivity contribution in [2.75, 3.05) is 38.5 Å². The monoisotopic (exact) mass is 495 g/mol. The van der Waals surface area contributed by atoms with Crippen molar-refractivity contribution in [2.24, 2.45) is 5.73 Å². The van der Waals surface area contributed by atoms with Crippen molar-refractivity contribution in [3.05, 3.63) is 64.8 Å². The molecule has 10 nitrogen and oxygen atoms in total. The molecule has 0 bridgehead atoms. The van der Waals surface area contributed by atoms with Gasteiger partial charge in [-0.2, -0.15) is 4.98 Å². The molecular formula is C25H30FN7O3. The van der Waals surface area contributed by atoms with E-state index in [0.717, 1.165) is 27.9 Å². The van der Waals surface area contributed by atoms with Crippen LogP contribution in [0.1, 0.15) is 22.6 Å². The number of nitrogens with zero attached hydrogens (tertiary/aromatic N) is 5. The van der Waals surface area contributed by atoms with E-state index in [4.69, 9.17) is 10.3 Å². The number of hydrogen-bond acceptors (Lipinski definition) is 8. The molecule has 0 unspecified atom stereocenters. The molecule has 3 N–H and O–H groups in total. The van der Waals surface area contributed by atoms with Crippen LogP contribution in [0.2, 0.25) is 0 Å². The summed E-state index contributed by atoms with van der Waals surface area (Å²) in [6, 6.07) is 10.3. The Kier molecular flexibility index (Phi) is 7.61. The molecule has 4 rings (SSSR count). The van der Waals surface area contributed by atoms with Crippen LogP contribution in [0.3, 0.4) is 0 Å². The van der Waals surface area contributed by atoms with Crippen molar-refractivity contribution in [2.45, 2.75) is 26.9 Å². The molecule has 1 aliphatic rings. The topological polar surface area (TPSA) is 121 Å². The number of aromatic nitrogens is 2. The van der Waals surface area contributed by atoms with Gasteiger partial charge in [-0.25, -0.2) is 9.40 Å². The lowest BCUT2D eigenvalue weighted by Crippen LogP contribution is -2.49. The fourth-order valence-corrected chi connectivity index (χ4v) is 4.08. The molecule has 190 valence electrons. The summed E-state index contributed by atoms with van der Waals surface area (Å²) in [5.41, 5.74) is 10.0. The van der Waals surface area contributed by atoms with E-state index in [0.29, 0.717) is 24.8 Å². The molecule has 0 spiro atoms. The number of hydrazine groups is 1. The SMILES string of the molecule is Cc1nc(-c2ccc(C)c(NCC(=O)N(CCN)CC(=O)N(C)N3Cc4ccc(F)cc4C3)c2)no1. The molecule has 2 amide bonds. The number of rotatable bonds is 9. The number of fused-ring (bicyclic) bond motifs is 1. The second-order valence-corrected chi connectivity index (χ2v) is 8.78. The molecule has 1 aliphatic heterocycles. The van der Waals surface area contributed by atoms with Gasteiger partial charge in [-0.05, 0) is 41.8 Å². The van der Waals surface area contributed by atoms with Crippen molar-refractivity contribution in [3.8, 4) is 11.4 Å². The fourth-order valence-electron chi connectivity index (χ4n) is 4.08. The molecule has 3 aromatic rings. The smallest absolute Gasteiger partial charge is 0.256 e. The van der Waals surface area contributed by atoms with E-state index in [1.165, 1.54) is 22.0 Å². The molecule has 0 fully saturated rings. The summed E-state index contributed by atoms with van der Waals surface area (Å²) in [5.74, 6) is 0.120. The Labute approximate surface area is 208 Å². The zero-order valence-electron chi connectivity index (χ0n) is 20.6. The Morgan fingerprint density at radius 2 is 1.92 bits per heavy atom. The third-order valence-corrected chi connectivity index (χ3v) is 6.19. The number of likely N-dealkylation sites (N-methyl/N-ethyl adjacent to an activating group) is 1. The van der Waals surface area contributed by atoms with E-state index in [2.05, 4.69) is 15.5 Å². The average molecular weight is 496 g/mol. The number of carbonyl (C=O) groups excluding carboxylic acids is 2. The second kappa shape index (κ2) is 10.8. The van der Waals surface area contributed by atoms with Crippen LogP contribution in [-0.4, -0.2) is 70.1 Å². The Morgan fingerprint density at radius 1 is 1.14 bits per heavy atom. The van der Waals surface area contributed by atoms with Crippen LogP contribution in [0.15, 0.2) is 40.9 Å². The number of carbonyl (C=O) groups is 2. The maximum atomic E-state index is 13.6. The molecule has 36 heavy (non-hydrogen) atoms. The molecule has 0 atom stereocenters. The lowest BCUT2D eigenvalue weighted by Gasteiger charge is -2.30. The maximum absolute atomic E-state index is 13.6. The summed E-state index contributed by atoms with van der Waals surface area (Å²) in [7, 11) is 1.66. The maximum Gasteiger partial charge on any atom is 0.256 e. The number of aryl methyl sites for hydroxylation is 2. The minimum Gasteiger partial charge on any atom is -0.376 e. The first-order valence-electron chi connectivity index (χ1n) is 11.7. The molecule has 1 aromatic heterocycles. The Hall–Kier alpha value is -3.83. The first-order valence-corrected chi connectivity index (χ1v) is 11.7. The number of nitrogens with one attached hydrogen (secondary N) is 1. The van der Waals surface area contributed by atoms with Gasteiger partial charge in [-0.3, -0.25) is 14.6 Å². The second-order valence-electron chi connectivity index (χ2n) is 8.78. The highest BCUT2D eigenvalue weighted by Crippen LogP contribution is 2.25. The molecule has 0 saturated carbocycles. The summed E-state index contributed by atoms with van der Waals surface area (Å²) < 4.78 is 18.6. The summed E-state index contributed by atoms with van der Waals surface area (Å²) in [4.78, 5) is 31.7. The molecule has 2 aromatic carbocycles. The van der Waals surface area contributed by atoms with E-state index in [9.17, 15) is 14.0 Å². The summed E-state index contributed by atoms with van der Waals surface area (Å²) in [6.45, 7) is 4.91. The van der Waals surface area contributed by atoms with Crippen LogP contribution < -0.4 is 11.1 Å². The first-order chi connectivity index (χ1) is 17.2. The van der Waals surface area contributed by atoms with Crippen LogP contribution in [0, 0.1) is 19.7 Å². The quantitative estimate of drug-likeness (QED) is 0.463. The third kappa shape index (κ3) is 5.69. The number of nitrogens with two attached hydrogens (primary N) is 1. The van der Waals surface area contributed by atoms with Crippen LogP contribution >= 0.6 is 0 Å². The van der Waals surface area contributed by atoms with Crippen LogP contribution in [-0.2, 0) is 22.7 Å². The minimum atomic E-state index is -0.301. The first kappa shape index (κ1) is 25.3. The van der Waals surface area contributed by atoms with Gasteiger partial charge in [0, 0.05) is 51.4 Å². The highest BCUT2D eigenvalue weighted by Gasteiger charge is 2.27. The lowest BCUT2D eigenvalue weighted by atomic mass is 10.1. The van der Waals surface area contributed by atoms with Gasteiger partial charge in [-0.1, -0.05) is 23.4 Å². The molecule has 11 heteroatoms. The molecular weight excluding hydrogens is 465 g/mol. The number of amides is 2. The summed E-state index contributed by atoms with van der Waals surface area (Å²) >= 11 is 0.